The van der Waals surface area contributed by atoms with Gasteiger partial charge in [0.25, 0.3) is 0 Å². The van der Waals surface area contributed by atoms with Gasteiger partial charge in [-0.05, 0) is 43.0 Å². The van der Waals surface area contributed by atoms with Gasteiger partial charge in [-0.2, -0.15) is 0 Å². The van der Waals surface area contributed by atoms with E-state index >= 15 is 0 Å². The summed E-state index contributed by atoms with van der Waals surface area (Å²) in [7, 11) is 0. The zero-order valence-electron chi connectivity index (χ0n) is 16.8. The molecule has 1 aliphatic carbocycles. The van der Waals surface area contributed by atoms with Crippen molar-refractivity contribution in [3.05, 3.63) is 54.1 Å². The number of carbonyl (C=O) groups excluding carboxylic acids is 3. The molecule has 2 aromatic carbocycles. The van der Waals surface area contributed by atoms with E-state index < -0.39 is 0 Å². The Labute approximate surface area is 175 Å². The summed E-state index contributed by atoms with van der Waals surface area (Å²) in [6.45, 7) is 0.633. The van der Waals surface area contributed by atoms with Crippen molar-refractivity contribution in [3.63, 3.8) is 0 Å². The van der Waals surface area contributed by atoms with Crippen molar-refractivity contribution in [1.82, 2.24) is 4.90 Å². The molecule has 0 aromatic heterocycles. The first-order valence-corrected chi connectivity index (χ1v) is 10.7. The number of anilines is 3. The molecule has 2 heterocycles. The zero-order chi connectivity index (χ0) is 20.7. The zero-order valence-corrected chi connectivity index (χ0v) is 16.8. The van der Waals surface area contributed by atoms with Gasteiger partial charge in [-0.15, -0.1) is 0 Å². The first-order chi connectivity index (χ1) is 14.6. The van der Waals surface area contributed by atoms with Crippen molar-refractivity contribution >= 4 is 34.8 Å². The molecule has 2 aliphatic heterocycles. The van der Waals surface area contributed by atoms with E-state index in [1.54, 1.807) is 0 Å². The number of carbonyl (C=O) groups is 3. The normalized spacial score (nSPS) is 22.8. The van der Waals surface area contributed by atoms with Gasteiger partial charge in [-0.1, -0.05) is 43.2 Å². The molecule has 2 unspecified atom stereocenters. The van der Waals surface area contributed by atoms with Crippen LogP contribution in [-0.2, 0) is 20.8 Å². The molecule has 1 saturated carbocycles. The maximum atomic E-state index is 12.8. The second-order valence-electron chi connectivity index (χ2n) is 8.36. The molecule has 1 N–H and O–H groups in total. The molecule has 0 spiro atoms. The molecular formula is C24H25N3O3. The van der Waals surface area contributed by atoms with Crippen molar-refractivity contribution in [1.29, 1.82) is 0 Å². The summed E-state index contributed by atoms with van der Waals surface area (Å²) in [6.07, 6.45) is 4.42. The summed E-state index contributed by atoms with van der Waals surface area (Å²) >= 11 is 0. The van der Waals surface area contributed by atoms with E-state index in [9.17, 15) is 14.4 Å². The molecule has 5 rings (SSSR count). The van der Waals surface area contributed by atoms with E-state index in [4.69, 9.17) is 0 Å². The Morgan fingerprint density at radius 2 is 1.53 bits per heavy atom. The number of nitrogens with one attached hydrogen (secondary N) is 1. The van der Waals surface area contributed by atoms with E-state index in [1.165, 1.54) is 10.5 Å². The lowest BCUT2D eigenvalue weighted by molar-refractivity contribution is -0.142. The van der Waals surface area contributed by atoms with Crippen LogP contribution in [0.4, 0.5) is 17.1 Å². The SMILES string of the molecule is O=C(CN1C(=O)C2CCCCC2C1=O)Nc1ccccc1N1CCc2ccccc21. The first kappa shape index (κ1) is 18.9. The number of imide groups is 1. The molecule has 1 saturated heterocycles. The fourth-order valence-corrected chi connectivity index (χ4v) is 5.12. The Morgan fingerprint density at radius 3 is 2.27 bits per heavy atom. The largest absolute Gasteiger partial charge is 0.339 e. The highest BCUT2D eigenvalue weighted by molar-refractivity contribution is 6.09. The monoisotopic (exact) mass is 403 g/mol. The number of para-hydroxylation sites is 3. The van der Waals surface area contributed by atoms with E-state index in [0.29, 0.717) is 5.69 Å². The smallest absolute Gasteiger partial charge is 0.244 e. The minimum Gasteiger partial charge on any atom is -0.339 e. The summed E-state index contributed by atoms with van der Waals surface area (Å²) in [6, 6.07) is 15.9. The average Bonchev–Trinajstić information content (AvgIpc) is 3.30. The van der Waals surface area contributed by atoms with Gasteiger partial charge in [0.05, 0.1) is 23.2 Å². The van der Waals surface area contributed by atoms with Crippen LogP contribution >= 0.6 is 0 Å². The molecule has 0 radical (unpaired) electrons. The van der Waals surface area contributed by atoms with Crippen LogP contribution in [-0.4, -0.2) is 35.7 Å². The van der Waals surface area contributed by atoms with E-state index in [-0.39, 0.29) is 36.1 Å². The topological polar surface area (TPSA) is 69.7 Å². The molecule has 3 aliphatic rings. The van der Waals surface area contributed by atoms with Gasteiger partial charge in [-0.3, -0.25) is 19.3 Å². The van der Waals surface area contributed by atoms with Crippen molar-refractivity contribution < 1.29 is 14.4 Å². The number of rotatable bonds is 4. The van der Waals surface area contributed by atoms with Crippen LogP contribution in [0.25, 0.3) is 0 Å². The lowest BCUT2D eigenvalue weighted by Gasteiger charge is -2.23. The van der Waals surface area contributed by atoms with E-state index in [2.05, 4.69) is 22.3 Å². The summed E-state index contributed by atoms with van der Waals surface area (Å²) in [5, 5.41) is 2.94. The lowest BCUT2D eigenvalue weighted by Crippen LogP contribution is -2.38. The maximum Gasteiger partial charge on any atom is 0.244 e. The molecule has 2 atom stereocenters. The standard InChI is InChI=1S/C24H25N3O3/c28-22(15-27-23(29)17-8-2-3-9-18(17)24(27)30)25-19-10-4-6-12-21(19)26-14-13-16-7-1-5-11-20(16)26/h1,4-7,10-12,17-18H,2-3,8-9,13-15H2,(H,25,28). The Hall–Kier alpha value is -3.15. The molecule has 2 aromatic rings. The summed E-state index contributed by atoms with van der Waals surface area (Å²) in [5.74, 6) is -1.15. The van der Waals surface area contributed by atoms with Crippen molar-refractivity contribution in [2.45, 2.75) is 32.1 Å². The number of hydrogen-bond donors (Lipinski definition) is 1. The highest BCUT2D eigenvalue weighted by Gasteiger charge is 2.48. The highest BCUT2D eigenvalue weighted by Crippen LogP contribution is 2.39. The van der Waals surface area contributed by atoms with Crippen LogP contribution in [0.1, 0.15) is 31.2 Å². The van der Waals surface area contributed by atoms with Crippen molar-refractivity contribution in [2.24, 2.45) is 11.8 Å². The van der Waals surface area contributed by atoms with Crippen molar-refractivity contribution in [3.8, 4) is 0 Å². The van der Waals surface area contributed by atoms with Gasteiger partial charge in [0.1, 0.15) is 6.54 Å². The number of likely N-dealkylation sites (tertiary alicyclic amines) is 1. The van der Waals surface area contributed by atoms with Crippen LogP contribution in [0.3, 0.4) is 0 Å². The summed E-state index contributed by atoms with van der Waals surface area (Å²) < 4.78 is 0. The third kappa shape index (κ3) is 3.16. The van der Waals surface area contributed by atoms with E-state index in [1.807, 2.05) is 36.4 Å². The van der Waals surface area contributed by atoms with Gasteiger partial charge in [0.15, 0.2) is 0 Å². The lowest BCUT2D eigenvalue weighted by atomic mass is 9.81. The Balaban J connectivity index is 1.33. The fraction of sp³-hybridized carbons (Fsp3) is 0.375. The number of fused-ring (bicyclic) bond motifs is 2. The minimum absolute atomic E-state index is 0.179. The quantitative estimate of drug-likeness (QED) is 0.794. The fourth-order valence-electron chi connectivity index (χ4n) is 5.12. The number of nitrogens with zero attached hydrogens (tertiary/aromatic N) is 2. The van der Waals surface area contributed by atoms with Crippen LogP contribution in [0, 0.1) is 11.8 Å². The van der Waals surface area contributed by atoms with Crippen LogP contribution in [0.2, 0.25) is 0 Å². The molecule has 30 heavy (non-hydrogen) atoms. The van der Waals surface area contributed by atoms with Crippen LogP contribution in [0.15, 0.2) is 48.5 Å². The van der Waals surface area contributed by atoms with Gasteiger partial charge < -0.3 is 10.2 Å². The molecule has 2 fully saturated rings. The average molecular weight is 403 g/mol. The summed E-state index contributed by atoms with van der Waals surface area (Å²) in [5.41, 5.74) is 4.04. The predicted molar refractivity (Wildman–Crippen MR) is 114 cm³/mol. The number of hydrogen-bond acceptors (Lipinski definition) is 4. The Kier molecular flexibility index (Phi) is 4.77. The maximum absolute atomic E-state index is 12.8. The summed E-state index contributed by atoms with van der Waals surface area (Å²) in [4.78, 5) is 41.5. The van der Waals surface area contributed by atoms with E-state index in [0.717, 1.165) is 50.0 Å². The predicted octanol–water partition coefficient (Wildman–Crippen LogP) is 3.49. The molecular weight excluding hydrogens is 378 g/mol. The minimum atomic E-state index is -0.338. The second kappa shape index (κ2) is 7.59. The van der Waals surface area contributed by atoms with Crippen molar-refractivity contribution in [2.75, 3.05) is 23.3 Å². The van der Waals surface area contributed by atoms with Gasteiger partial charge in [-0.25, -0.2) is 0 Å². The molecule has 154 valence electrons. The van der Waals surface area contributed by atoms with Gasteiger partial charge >= 0.3 is 0 Å². The molecule has 6 nitrogen and oxygen atoms in total. The Morgan fingerprint density at radius 1 is 0.900 bits per heavy atom. The Bertz CT molecular complexity index is 994. The van der Waals surface area contributed by atoms with Crippen LogP contribution in [0.5, 0.6) is 0 Å². The van der Waals surface area contributed by atoms with Gasteiger partial charge in [0.2, 0.25) is 17.7 Å². The third-order valence-electron chi connectivity index (χ3n) is 6.59. The number of benzene rings is 2. The molecule has 6 heteroatoms. The molecule has 0 bridgehead atoms. The highest BCUT2D eigenvalue weighted by atomic mass is 16.2. The second-order valence-corrected chi connectivity index (χ2v) is 8.36. The van der Waals surface area contributed by atoms with Crippen LogP contribution < -0.4 is 10.2 Å². The molecule has 3 amide bonds. The third-order valence-corrected chi connectivity index (χ3v) is 6.59. The van der Waals surface area contributed by atoms with Gasteiger partial charge in [0, 0.05) is 12.2 Å². The first-order valence-electron chi connectivity index (χ1n) is 10.7. The number of amides is 3.